The number of benzene rings is 1. The standard InChI is InChI=1S/C26H29N3O2.C2HF3O2/c1-6-18-9-11-24(27-21(18)7-2)31-23-17-29(15-13-26(23,3)4)25(30)20-8-10-22-19(16-20)12-14-28(22)5;3-2(4,5)1(6)7/h6-12,14,16,23H,1-2,13,15,17H2,3-5H3;(H,6,7). The monoisotopic (exact) mass is 529 g/mol. The van der Waals surface area contributed by atoms with E-state index in [2.05, 4.69) is 36.6 Å². The number of nitrogens with zero attached hydrogens (tertiary/aromatic N) is 3. The van der Waals surface area contributed by atoms with Gasteiger partial charge in [0.1, 0.15) is 6.10 Å². The number of ether oxygens (including phenoxy) is 1. The number of hydrogen-bond acceptors (Lipinski definition) is 4. The highest BCUT2D eigenvalue weighted by molar-refractivity contribution is 5.98. The van der Waals surface area contributed by atoms with Crippen molar-refractivity contribution >= 4 is 34.9 Å². The first-order valence-corrected chi connectivity index (χ1v) is 11.8. The summed E-state index contributed by atoms with van der Waals surface area (Å²) in [6, 6.07) is 11.7. The van der Waals surface area contributed by atoms with Crippen molar-refractivity contribution in [1.82, 2.24) is 14.5 Å². The van der Waals surface area contributed by atoms with E-state index in [9.17, 15) is 18.0 Å². The van der Waals surface area contributed by atoms with Gasteiger partial charge in [0.05, 0.1) is 12.2 Å². The van der Waals surface area contributed by atoms with Gasteiger partial charge in [-0.3, -0.25) is 4.79 Å². The molecule has 7 nitrogen and oxygen atoms in total. The number of rotatable bonds is 5. The van der Waals surface area contributed by atoms with Crippen molar-refractivity contribution < 1.29 is 32.6 Å². The molecule has 2 aromatic heterocycles. The largest absolute Gasteiger partial charge is 0.490 e. The highest BCUT2D eigenvalue weighted by atomic mass is 19.4. The van der Waals surface area contributed by atoms with Crippen LogP contribution in [0.2, 0.25) is 0 Å². The molecule has 1 atom stereocenters. The van der Waals surface area contributed by atoms with Gasteiger partial charge in [-0.2, -0.15) is 13.2 Å². The SMILES string of the molecule is C=Cc1ccc(OC2CN(C(=O)c3ccc4c(ccn4C)c3)CCC2(C)C)nc1C=C.O=C(O)C(F)(F)F. The van der Waals surface area contributed by atoms with Crippen molar-refractivity contribution in [2.75, 3.05) is 13.1 Å². The lowest BCUT2D eigenvalue weighted by molar-refractivity contribution is -0.192. The Morgan fingerprint density at radius 2 is 1.84 bits per heavy atom. The van der Waals surface area contributed by atoms with Crippen LogP contribution >= 0.6 is 0 Å². The van der Waals surface area contributed by atoms with Gasteiger partial charge in [-0.05, 0) is 48.4 Å². The van der Waals surface area contributed by atoms with E-state index in [1.54, 1.807) is 12.2 Å². The van der Waals surface area contributed by atoms with E-state index in [0.717, 1.165) is 28.6 Å². The van der Waals surface area contributed by atoms with Gasteiger partial charge in [-0.25, -0.2) is 9.78 Å². The van der Waals surface area contributed by atoms with Crippen LogP contribution in [-0.2, 0) is 11.8 Å². The molecule has 38 heavy (non-hydrogen) atoms. The van der Waals surface area contributed by atoms with Crippen LogP contribution in [0.4, 0.5) is 13.2 Å². The molecule has 1 aliphatic rings. The fourth-order valence-electron chi connectivity index (χ4n) is 4.12. The zero-order chi connectivity index (χ0) is 28.3. The molecular formula is C28H30F3N3O4. The molecule has 1 aliphatic heterocycles. The Hall–Kier alpha value is -4.08. The molecule has 202 valence electrons. The smallest absolute Gasteiger partial charge is 0.475 e. The van der Waals surface area contributed by atoms with Gasteiger partial charge < -0.3 is 19.3 Å². The van der Waals surface area contributed by atoms with Crippen LogP contribution in [-0.4, -0.2) is 56.8 Å². The molecule has 0 bridgehead atoms. The number of carbonyl (C=O) groups is 2. The third-order valence-corrected chi connectivity index (χ3v) is 6.55. The first-order valence-electron chi connectivity index (χ1n) is 11.8. The van der Waals surface area contributed by atoms with Gasteiger partial charge in [-0.15, -0.1) is 0 Å². The van der Waals surface area contributed by atoms with Crippen molar-refractivity contribution in [1.29, 1.82) is 0 Å². The number of carbonyl (C=O) groups excluding carboxylic acids is 1. The van der Waals surface area contributed by atoms with Crippen molar-refractivity contribution in [3.8, 4) is 5.88 Å². The van der Waals surface area contributed by atoms with Crippen LogP contribution in [0.1, 0.15) is 41.9 Å². The Morgan fingerprint density at radius 1 is 1.16 bits per heavy atom. The number of carboxylic acids is 1. The summed E-state index contributed by atoms with van der Waals surface area (Å²) >= 11 is 0. The molecule has 1 N–H and O–H groups in total. The summed E-state index contributed by atoms with van der Waals surface area (Å²) in [7, 11) is 2.01. The van der Waals surface area contributed by atoms with Crippen molar-refractivity contribution in [3.05, 3.63) is 72.6 Å². The number of fused-ring (bicyclic) bond motifs is 1. The molecular weight excluding hydrogens is 499 g/mol. The van der Waals surface area contributed by atoms with Crippen molar-refractivity contribution in [2.24, 2.45) is 12.5 Å². The van der Waals surface area contributed by atoms with Crippen LogP contribution in [0.25, 0.3) is 23.1 Å². The van der Waals surface area contributed by atoms with Gasteiger partial charge in [0.25, 0.3) is 5.91 Å². The fraction of sp³-hybridized carbons (Fsp3) is 0.321. The minimum absolute atomic E-state index is 0.0385. The minimum atomic E-state index is -5.08. The van der Waals surface area contributed by atoms with E-state index in [4.69, 9.17) is 14.6 Å². The summed E-state index contributed by atoms with van der Waals surface area (Å²) in [6.45, 7) is 13.2. The maximum Gasteiger partial charge on any atom is 0.490 e. The number of carboxylic acid groups (broad SMARTS) is 1. The van der Waals surface area contributed by atoms with E-state index in [0.29, 0.717) is 24.5 Å². The number of pyridine rings is 1. The van der Waals surface area contributed by atoms with Crippen molar-refractivity contribution in [2.45, 2.75) is 32.5 Å². The summed E-state index contributed by atoms with van der Waals surface area (Å²) in [5, 5.41) is 8.20. The number of halogens is 3. The zero-order valence-corrected chi connectivity index (χ0v) is 21.5. The summed E-state index contributed by atoms with van der Waals surface area (Å²) in [5.74, 6) is -2.18. The lowest BCUT2D eigenvalue weighted by Crippen LogP contribution is -2.52. The van der Waals surface area contributed by atoms with Gasteiger partial charge >= 0.3 is 12.1 Å². The number of hydrogen-bond donors (Lipinski definition) is 1. The second-order valence-corrected chi connectivity index (χ2v) is 9.63. The molecule has 10 heteroatoms. The van der Waals surface area contributed by atoms with E-state index in [-0.39, 0.29) is 17.4 Å². The van der Waals surface area contributed by atoms with Crippen LogP contribution in [0.5, 0.6) is 5.88 Å². The van der Waals surface area contributed by atoms with E-state index < -0.39 is 12.1 Å². The zero-order valence-electron chi connectivity index (χ0n) is 21.5. The van der Waals surface area contributed by atoms with Gasteiger partial charge in [0.2, 0.25) is 5.88 Å². The molecule has 1 saturated heterocycles. The maximum absolute atomic E-state index is 13.3. The predicted molar refractivity (Wildman–Crippen MR) is 140 cm³/mol. The summed E-state index contributed by atoms with van der Waals surface area (Å²) in [5.41, 5.74) is 3.40. The van der Waals surface area contributed by atoms with E-state index in [1.165, 1.54) is 0 Å². The Morgan fingerprint density at radius 3 is 2.45 bits per heavy atom. The lowest BCUT2D eigenvalue weighted by Gasteiger charge is -2.43. The predicted octanol–water partition coefficient (Wildman–Crippen LogP) is 5.81. The van der Waals surface area contributed by atoms with Crippen LogP contribution in [0.15, 0.2) is 55.8 Å². The number of piperidine rings is 1. The summed E-state index contributed by atoms with van der Waals surface area (Å²) < 4.78 is 40.1. The van der Waals surface area contributed by atoms with Crippen molar-refractivity contribution in [3.63, 3.8) is 0 Å². The topological polar surface area (TPSA) is 84.7 Å². The fourth-order valence-corrected chi connectivity index (χ4v) is 4.12. The summed E-state index contributed by atoms with van der Waals surface area (Å²) in [6.07, 6.45) is 1.07. The quantitative estimate of drug-likeness (QED) is 0.451. The number of aliphatic carboxylic acids is 1. The number of alkyl halides is 3. The first-order chi connectivity index (χ1) is 17.8. The molecule has 1 unspecified atom stereocenters. The molecule has 0 radical (unpaired) electrons. The second kappa shape index (κ2) is 11.1. The first kappa shape index (κ1) is 28.5. The summed E-state index contributed by atoms with van der Waals surface area (Å²) in [4.78, 5) is 28.6. The second-order valence-electron chi connectivity index (χ2n) is 9.63. The molecule has 3 heterocycles. The normalized spacial score (nSPS) is 16.8. The number of likely N-dealkylation sites (tertiary alicyclic amines) is 1. The molecule has 1 amide bonds. The molecule has 0 saturated carbocycles. The molecule has 0 spiro atoms. The number of aromatic nitrogens is 2. The third-order valence-electron chi connectivity index (χ3n) is 6.55. The Bertz CT molecular complexity index is 1360. The van der Waals surface area contributed by atoms with Crippen LogP contribution in [0, 0.1) is 5.41 Å². The molecule has 1 aromatic carbocycles. The van der Waals surface area contributed by atoms with E-state index in [1.807, 2.05) is 54.5 Å². The number of amides is 1. The maximum atomic E-state index is 13.3. The number of aryl methyl sites for hydroxylation is 1. The Balaban J connectivity index is 0.000000505. The minimum Gasteiger partial charge on any atom is -0.475 e. The average Bonchev–Trinajstić information content (AvgIpc) is 3.24. The highest BCUT2D eigenvalue weighted by Gasteiger charge is 2.39. The lowest BCUT2D eigenvalue weighted by atomic mass is 9.79. The molecule has 1 fully saturated rings. The van der Waals surface area contributed by atoms with Gasteiger partial charge in [-0.1, -0.05) is 33.1 Å². The third kappa shape index (κ3) is 6.42. The molecule has 3 aromatic rings. The highest BCUT2D eigenvalue weighted by Crippen LogP contribution is 2.34. The Kier molecular flexibility index (Phi) is 8.34. The Labute approximate surface area is 218 Å². The van der Waals surface area contributed by atoms with Gasteiger partial charge in [0, 0.05) is 47.7 Å². The van der Waals surface area contributed by atoms with E-state index >= 15 is 0 Å². The van der Waals surface area contributed by atoms with Gasteiger partial charge in [0.15, 0.2) is 0 Å². The van der Waals surface area contributed by atoms with Crippen LogP contribution < -0.4 is 4.74 Å². The molecule has 4 rings (SSSR count). The molecule has 0 aliphatic carbocycles. The van der Waals surface area contributed by atoms with Crippen LogP contribution in [0.3, 0.4) is 0 Å². The average molecular weight is 530 g/mol.